The molecule has 0 bridgehead atoms. The van der Waals surface area contributed by atoms with Crippen LogP contribution in [0.3, 0.4) is 0 Å². The Labute approximate surface area is 74.5 Å². The Balaban J connectivity index is 2.71. The molecule has 0 spiro atoms. The first-order chi connectivity index (χ1) is 5.59. The van der Waals surface area contributed by atoms with Crippen LogP contribution >= 0.6 is 11.5 Å². The Bertz CT molecular complexity index is 283. The minimum absolute atomic E-state index is 0.0318. The van der Waals surface area contributed by atoms with Gasteiger partial charge in [0.05, 0.1) is 22.5 Å². The van der Waals surface area contributed by atoms with Crippen molar-refractivity contribution in [2.75, 3.05) is 0 Å². The molecule has 0 saturated heterocycles. The minimum atomic E-state index is -0.458. The number of aromatic nitrogens is 1. The van der Waals surface area contributed by atoms with Gasteiger partial charge < -0.3 is 10.1 Å². The van der Waals surface area contributed by atoms with Crippen molar-refractivity contribution in [3.63, 3.8) is 0 Å². The average molecular weight is 186 g/mol. The van der Waals surface area contributed by atoms with E-state index in [0.717, 1.165) is 11.3 Å². The molecule has 1 rings (SSSR count). The largest absolute Gasteiger partial charge is 0.378 e. The van der Waals surface area contributed by atoms with E-state index in [1.54, 1.807) is 6.07 Å². The summed E-state index contributed by atoms with van der Waals surface area (Å²) < 4.78 is 3.71. The van der Waals surface area contributed by atoms with Gasteiger partial charge >= 0.3 is 5.82 Å². The zero-order chi connectivity index (χ0) is 9.14. The summed E-state index contributed by atoms with van der Waals surface area (Å²) in [6.45, 7) is 4.15. The van der Waals surface area contributed by atoms with Crippen molar-refractivity contribution in [3.8, 4) is 0 Å². The lowest BCUT2D eigenvalue weighted by Crippen LogP contribution is -1.90. The zero-order valence-electron chi connectivity index (χ0n) is 6.98. The Morgan fingerprint density at radius 1 is 1.75 bits per heavy atom. The Kier molecular flexibility index (Phi) is 2.75. The number of hydrogen-bond acceptors (Lipinski definition) is 4. The maximum atomic E-state index is 10.2. The van der Waals surface area contributed by atoms with Crippen LogP contribution < -0.4 is 0 Å². The molecule has 0 atom stereocenters. The summed E-state index contributed by atoms with van der Waals surface area (Å²) in [5.41, 5.74) is 0. The summed E-state index contributed by atoms with van der Waals surface area (Å²) in [7, 11) is 0. The molecule has 0 radical (unpaired) electrons. The smallest absolute Gasteiger partial charge is 0.358 e. The van der Waals surface area contributed by atoms with Gasteiger partial charge in [0.2, 0.25) is 0 Å². The van der Waals surface area contributed by atoms with E-state index in [9.17, 15) is 10.1 Å². The highest BCUT2D eigenvalue weighted by Crippen LogP contribution is 2.19. The van der Waals surface area contributed by atoms with Crippen LogP contribution in [0.4, 0.5) is 5.82 Å². The molecule has 0 unspecified atom stereocenters. The molecular formula is C7H10N2O2S. The number of rotatable bonds is 3. The fourth-order valence-corrected chi connectivity index (χ4v) is 1.78. The minimum Gasteiger partial charge on any atom is -0.358 e. The summed E-state index contributed by atoms with van der Waals surface area (Å²) in [4.78, 5) is 10.8. The van der Waals surface area contributed by atoms with Gasteiger partial charge in [-0.2, -0.15) is 0 Å². The van der Waals surface area contributed by atoms with E-state index in [1.807, 2.05) is 0 Å². The number of hydrogen-bond donors (Lipinski definition) is 0. The molecule has 1 aromatic rings. The highest BCUT2D eigenvalue weighted by atomic mass is 32.1. The van der Waals surface area contributed by atoms with Gasteiger partial charge in [0.15, 0.2) is 0 Å². The summed E-state index contributed by atoms with van der Waals surface area (Å²) in [5, 5.41) is 10.2. The SMILES string of the molecule is CC(C)Cc1cc([N+](=O)[O-])ns1. The van der Waals surface area contributed by atoms with Gasteiger partial charge in [-0.25, -0.2) is 0 Å². The molecule has 0 aromatic carbocycles. The molecule has 0 fully saturated rings. The van der Waals surface area contributed by atoms with Gasteiger partial charge in [-0.05, 0) is 17.3 Å². The second-order valence-corrected chi connectivity index (χ2v) is 3.90. The molecule has 4 nitrogen and oxygen atoms in total. The van der Waals surface area contributed by atoms with Crippen LogP contribution in [0.25, 0.3) is 0 Å². The van der Waals surface area contributed by atoms with Crippen molar-refractivity contribution < 1.29 is 4.92 Å². The quantitative estimate of drug-likeness (QED) is 0.537. The molecule has 66 valence electrons. The Morgan fingerprint density at radius 3 is 2.83 bits per heavy atom. The van der Waals surface area contributed by atoms with E-state index in [4.69, 9.17) is 0 Å². The second kappa shape index (κ2) is 3.62. The second-order valence-electron chi connectivity index (χ2n) is 3.01. The molecule has 0 N–H and O–H groups in total. The third kappa shape index (κ3) is 2.27. The zero-order valence-corrected chi connectivity index (χ0v) is 7.80. The van der Waals surface area contributed by atoms with Crippen LogP contribution in [0, 0.1) is 16.0 Å². The van der Waals surface area contributed by atoms with Gasteiger partial charge in [0.1, 0.15) is 0 Å². The highest BCUT2D eigenvalue weighted by molar-refractivity contribution is 7.06. The fraction of sp³-hybridized carbons (Fsp3) is 0.571. The van der Waals surface area contributed by atoms with E-state index < -0.39 is 4.92 Å². The molecule has 0 aliphatic heterocycles. The summed E-state index contributed by atoms with van der Waals surface area (Å²) >= 11 is 1.21. The molecule has 1 aromatic heterocycles. The van der Waals surface area contributed by atoms with Crippen molar-refractivity contribution in [2.45, 2.75) is 20.3 Å². The summed E-state index contributed by atoms with van der Waals surface area (Å²) in [5.74, 6) is 0.487. The van der Waals surface area contributed by atoms with Crippen molar-refractivity contribution in [1.82, 2.24) is 4.37 Å². The topological polar surface area (TPSA) is 56.0 Å². The van der Waals surface area contributed by atoms with Crippen molar-refractivity contribution in [1.29, 1.82) is 0 Å². The van der Waals surface area contributed by atoms with Crippen LogP contribution in [0.5, 0.6) is 0 Å². The molecule has 0 aliphatic carbocycles. The molecule has 0 aliphatic rings. The lowest BCUT2D eigenvalue weighted by Gasteiger charge is -1.96. The predicted molar refractivity (Wildman–Crippen MR) is 47.3 cm³/mol. The Hall–Kier alpha value is -0.970. The molecule has 12 heavy (non-hydrogen) atoms. The third-order valence-corrected chi connectivity index (χ3v) is 2.14. The first-order valence-electron chi connectivity index (χ1n) is 3.69. The van der Waals surface area contributed by atoms with E-state index in [0.29, 0.717) is 5.92 Å². The van der Waals surface area contributed by atoms with Gasteiger partial charge in [-0.1, -0.05) is 13.8 Å². The molecular weight excluding hydrogens is 176 g/mol. The van der Waals surface area contributed by atoms with Gasteiger partial charge in [-0.15, -0.1) is 0 Å². The number of nitrogens with zero attached hydrogens (tertiary/aromatic N) is 2. The van der Waals surface area contributed by atoms with Crippen LogP contribution in [0.15, 0.2) is 6.07 Å². The predicted octanol–water partition coefficient (Wildman–Crippen LogP) is 2.25. The lowest BCUT2D eigenvalue weighted by molar-refractivity contribution is -0.388. The van der Waals surface area contributed by atoms with E-state index in [2.05, 4.69) is 18.2 Å². The van der Waals surface area contributed by atoms with Crippen LogP contribution in [-0.4, -0.2) is 9.30 Å². The van der Waals surface area contributed by atoms with Gasteiger partial charge in [-0.3, -0.25) is 0 Å². The monoisotopic (exact) mass is 186 g/mol. The van der Waals surface area contributed by atoms with Crippen molar-refractivity contribution in [3.05, 3.63) is 21.1 Å². The van der Waals surface area contributed by atoms with Crippen LogP contribution in [0.1, 0.15) is 18.7 Å². The molecule has 1 heterocycles. The molecule has 5 heteroatoms. The van der Waals surface area contributed by atoms with E-state index in [1.165, 1.54) is 11.5 Å². The fourth-order valence-electron chi connectivity index (χ4n) is 0.887. The third-order valence-electron chi connectivity index (χ3n) is 1.34. The van der Waals surface area contributed by atoms with Crippen LogP contribution in [0.2, 0.25) is 0 Å². The lowest BCUT2D eigenvalue weighted by atomic mass is 10.1. The number of nitro groups is 1. The van der Waals surface area contributed by atoms with Crippen molar-refractivity contribution in [2.24, 2.45) is 5.92 Å². The van der Waals surface area contributed by atoms with E-state index in [-0.39, 0.29) is 5.82 Å². The summed E-state index contributed by atoms with van der Waals surface area (Å²) in [6, 6.07) is 1.55. The summed E-state index contributed by atoms with van der Waals surface area (Å²) in [6.07, 6.45) is 0.867. The van der Waals surface area contributed by atoms with Crippen molar-refractivity contribution >= 4 is 17.4 Å². The first-order valence-corrected chi connectivity index (χ1v) is 4.47. The van der Waals surface area contributed by atoms with Gasteiger partial charge in [0, 0.05) is 4.37 Å². The molecule has 0 saturated carbocycles. The average Bonchev–Trinajstić information content (AvgIpc) is 2.34. The maximum absolute atomic E-state index is 10.2. The normalized spacial score (nSPS) is 10.6. The molecule has 0 amide bonds. The Morgan fingerprint density at radius 2 is 2.42 bits per heavy atom. The standard InChI is InChI=1S/C7H10N2O2S/c1-5(2)3-6-4-7(8-12-6)9(10)11/h4-5H,3H2,1-2H3. The van der Waals surface area contributed by atoms with E-state index >= 15 is 0 Å². The van der Waals surface area contributed by atoms with Gasteiger partial charge in [0.25, 0.3) is 0 Å². The van der Waals surface area contributed by atoms with Crippen LogP contribution in [-0.2, 0) is 6.42 Å². The first kappa shape index (κ1) is 9.12. The highest BCUT2D eigenvalue weighted by Gasteiger charge is 2.12. The maximum Gasteiger partial charge on any atom is 0.378 e.